The molecule has 1 aliphatic rings. The number of ether oxygens (including phenoxy) is 1. The Kier molecular flexibility index (Phi) is 4.80. The summed E-state index contributed by atoms with van der Waals surface area (Å²) in [5, 5.41) is 22.2. The van der Waals surface area contributed by atoms with E-state index in [0.717, 1.165) is 25.0 Å². The molecule has 3 N–H and O–H groups in total. The van der Waals surface area contributed by atoms with Crippen LogP contribution in [-0.4, -0.2) is 41.6 Å². The second-order valence-electron chi connectivity index (χ2n) is 5.28. The second kappa shape index (κ2) is 6.37. The standard InChI is InChI=1S/C15H23NO3/c1-2-12-3-5-14(6-4-12)19-10-13(18)9-16-15(11-17)7-8-15/h3-6,13,16-18H,2,7-11H2,1H3. The van der Waals surface area contributed by atoms with Gasteiger partial charge >= 0.3 is 0 Å². The Labute approximate surface area is 114 Å². The van der Waals surface area contributed by atoms with Gasteiger partial charge < -0.3 is 20.3 Å². The van der Waals surface area contributed by atoms with Crippen molar-refractivity contribution >= 4 is 0 Å². The largest absolute Gasteiger partial charge is 0.491 e. The lowest BCUT2D eigenvalue weighted by Gasteiger charge is -2.18. The number of aliphatic hydroxyl groups excluding tert-OH is 2. The van der Waals surface area contributed by atoms with Crippen LogP contribution in [0, 0.1) is 0 Å². The molecule has 19 heavy (non-hydrogen) atoms. The molecule has 4 heteroatoms. The molecule has 1 aliphatic carbocycles. The monoisotopic (exact) mass is 265 g/mol. The number of nitrogens with one attached hydrogen (secondary N) is 1. The first-order valence-corrected chi connectivity index (χ1v) is 6.93. The lowest BCUT2D eigenvalue weighted by molar-refractivity contribution is 0.0979. The van der Waals surface area contributed by atoms with Crippen molar-refractivity contribution in [3.05, 3.63) is 29.8 Å². The first kappa shape index (κ1) is 14.3. The Hall–Kier alpha value is -1.10. The third kappa shape index (κ3) is 4.20. The van der Waals surface area contributed by atoms with Gasteiger partial charge in [0.2, 0.25) is 0 Å². The number of benzene rings is 1. The van der Waals surface area contributed by atoms with Gasteiger partial charge in [-0.15, -0.1) is 0 Å². The summed E-state index contributed by atoms with van der Waals surface area (Å²) in [5.41, 5.74) is 1.14. The first-order valence-electron chi connectivity index (χ1n) is 6.93. The van der Waals surface area contributed by atoms with Crippen molar-refractivity contribution in [2.75, 3.05) is 19.8 Å². The fourth-order valence-electron chi connectivity index (χ4n) is 1.95. The molecule has 1 saturated carbocycles. The van der Waals surface area contributed by atoms with Crippen molar-refractivity contribution in [2.24, 2.45) is 0 Å². The molecule has 0 heterocycles. The van der Waals surface area contributed by atoms with Crippen molar-refractivity contribution in [2.45, 2.75) is 37.8 Å². The maximum Gasteiger partial charge on any atom is 0.119 e. The SMILES string of the molecule is CCc1ccc(OCC(O)CNC2(CO)CC2)cc1. The Morgan fingerprint density at radius 1 is 1.32 bits per heavy atom. The minimum absolute atomic E-state index is 0.135. The molecule has 1 atom stereocenters. The zero-order chi connectivity index (χ0) is 13.7. The fourth-order valence-corrected chi connectivity index (χ4v) is 1.95. The van der Waals surface area contributed by atoms with Crippen LogP contribution in [0.15, 0.2) is 24.3 Å². The minimum Gasteiger partial charge on any atom is -0.491 e. The van der Waals surface area contributed by atoms with E-state index in [2.05, 4.69) is 12.2 Å². The molecule has 0 amide bonds. The summed E-state index contributed by atoms with van der Waals surface area (Å²) in [6.07, 6.45) is 2.41. The lowest BCUT2D eigenvalue weighted by atomic mass is 10.2. The quantitative estimate of drug-likeness (QED) is 0.659. The van der Waals surface area contributed by atoms with Gasteiger partial charge in [-0.05, 0) is 37.0 Å². The van der Waals surface area contributed by atoms with Crippen LogP contribution in [0.2, 0.25) is 0 Å². The van der Waals surface area contributed by atoms with Crippen LogP contribution in [0.4, 0.5) is 0 Å². The van der Waals surface area contributed by atoms with Crippen molar-refractivity contribution in [3.63, 3.8) is 0 Å². The summed E-state index contributed by atoms with van der Waals surface area (Å²) in [5.74, 6) is 0.777. The third-order valence-corrected chi connectivity index (χ3v) is 3.64. The highest BCUT2D eigenvalue weighted by Crippen LogP contribution is 2.34. The third-order valence-electron chi connectivity index (χ3n) is 3.64. The van der Waals surface area contributed by atoms with Crippen molar-refractivity contribution in [3.8, 4) is 5.75 Å². The molecule has 4 nitrogen and oxygen atoms in total. The van der Waals surface area contributed by atoms with Gasteiger partial charge in [-0.1, -0.05) is 19.1 Å². The van der Waals surface area contributed by atoms with E-state index in [0.29, 0.717) is 6.54 Å². The molecular formula is C15H23NO3. The number of hydrogen-bond acceptors (Lipinski definition) is 4. The molecular weight excluding hydrogens is 242 g/mol. The van der Waals surface area contributed by atoms with E-state index in [1.165, 1.54) is 5.56 Å². The van der Waals surface area contributed by atoms with Gasteiger partial charge in [-0.3, -0.25) is 0 Å². The Morgan fingerprint density at radius 2 is 2.00 bits per heavy atom. The zero-order valence-electron chi connectivity index (χ0n) is 11.4. The topological polar surface area (TPSA) is 61.7 Å². The number of aryl methyl sites for hydroxylation is 1. The molecule has 1 fully saturated rings. The molecule has 0 aliphatic heterocycles. The molecule has 0 radical (unpaired) electrons. The van der Waals surface area contributed by atoms with E-state index in [1.54, 1.807) is 0 Å². The number of hydrogen-bond donors (Lipinski definition) is 3. The summed E-state index contributed by atoms with van der Waals surface area (Å²) < 4.78 is 5.53. The highest BCUT2D eigenvalue weighted by Gasteiger charge is 2.41. The highest BCUT2D eigenvalue weighted by molar-refractivity contribution is 5.27. The normalized spacial score (nSPS) is 18.1. The molecule has 106 valence electrons. The van der Waals surface area contributed by atoms with Gasteiger partial charge in [0.25, 0.3) is 0 Å². The van der Waals surface area contributed by atoms with Crippen LogP contribution in [0.5, 0.6) is 5.75 Å². The van der Waals surface area contributed by atoms with Crippen LogP contribution >= 0.6 is 0 Å². The van der Waals surface area contributed by atoms with Gasteiger partial charge in [-0.2, -0.15) is 0 Å². The van der Waals surface area contributed by atoms with E-state index in [4.69, 9.17) is 9.84 Å². The molecule has 0 aromatic heterocycles. The summed E-state index contributed by atoms with van der Waals surface area (Å²) >= 11 is 0. The van der Waals surface area contributed by atoms with Crippen LogP contribution in [0.1, 0.15) is 25.3 Å². The van der Waals surface area contributed by atoms with Crippen LogP contribution in [0.3, 0.4) is 0 Å². The highest BCUT2D eigenvalue weighted by atomic mass is 16.5. The molecule has 0 saturated heterocycles. The van der Waals surface area contributed by atoms with Crippen LogP contribution in [-0.2, 0) is 6.42 Å². The van der Waals surface area contributed by atoms with Gasteiger partial charge in [0.05, 0.1) is 6.61 Å². The Balaban J connectivity index is 1.69. The molecule has 1 aromatic carbocycles. The number of rotatable bonds is 8. The lowest BCUT2D eigenvalue weighted by Crippen LogP contribution is -2.41. The van der Waals surface area contributed by atoms with Gasteiger partial charge in [0, 0.05) is 12.1 Å². The molecule has 0 spiro atoms. The van der Waals surface area contributed by atoms with Crippen molar-refractivity contribution < 1.29 is 14.9 Å². The average Bonchev–Trinajstić information content (AvgIpc) is 3.24. The predicted molar refractivity (Wildman–Crippen MR) is 74.4 cm³/mol. The summed E-state index contributed by atoms with van der Waals surface area (Å²) in [6, 6.07) is 7.92. The smallest absolute Gasteiger partial charge is 0.119 e. The van der Waals surface area contributed by atoms with E-state index < -0.39 is 6.10 Å². The van der Waals surface area contributed by atoms with Crippen LogP contribution in [0.25, 0.3) is 0 Å². The predicted octanol–water partition coefficient (Wildman–Crippen LogP) is 1.10. The Bertz CT molecular complexity index is 387. The zero-order valence-corrected chi connectivity index (χ0v) is 11.4. The molecule has 0 bridgehead atoms. The number of aliphatic hydroxyl groups is 2. The van der Waals surface area contributed by atoms with E-state index >= 15 is 0 Å². The van der Waals surface area contributed by atoms with Crippen molar-refractivity contribution in [1.29, 1.82) is 0 Å². The van der Waals surface area contributed by atoms with Crippen LogP contribution < -0.4 is 10.1 Å². The Morgan fingerprint density at radius 3 is 2.53 bits per heavy atom. The van der Waals surface area contributed by atoms with E-state index in [-0.39, 0.29) is 18.8 Å². The summed E-state index contributed by atoms with van der Waals surface area (Å²) in [4.78, 5) is 0. The first-order chi connectivity index (χ1) is 9.17. The van der Waals surface area contributed by atoms with E-state index in [1.807, 2.05) is 24.3 Å². The van der Waals surface area contributed by atoms with E-state index in [9.17, 15) is 5.11 Å². The second-order valence-corrected chi connectivity index (χ2v) is 5.28. The fraction of sp³-hybridized carbons (Fsp3) is 0.600. The van der Waals surface area contributed by atoms with Gasteiger partial charge in [0.15, 0.2) is 0 Å². The maximum atomic E-state index is 9.83. The van der Waals surface area contributed by atoms with Crippen molar-refractivity contribution in [1.82, 2.24) is 5.32 Å². The average molecular weight is 265 g/mol. The van der Waals surface area contributed by atoms with Gasteiger partial charge in [-0.25, -0.2) is 0 Å². The maximum absolute atomic E-state index is 9.83. The molecule has 1 aromatic rings. The molecule has 2 rings (SSSR count). The summed E-state index contributed by atoms with van der Waals surface area (Å²) in [6.45, 7) is 2.97. The minimum atomic E-state index is -0.560. The summed E-state index contributed by atoms with van der Waals surface area (Å²) in [7, 11) is 0. The molecule has 1 unspecified atom stereocenters. The van der Waals surface area contributed by atoms with Gasteiger partial charge in [0.1, 0.15) is 18.5 Å². The number of β-amino-alcohol motifs (C(OH)–C–C–N with tert-alkyl or cyclic N) is 1.